The van der Waals surface area contributed by atoms with Crippen LogP contribution in [-0.4, -0.2) is 0 Å². The molecule has 1 saturated carbocycles. The minimum atomic E-state index is 0.154. The van der Waals surface area contributed by atoms with Crippen LogP contribution in [0.5, 0.6) is 0 Å². The monoisotopic (exact) mass is 337 g/mol. The molecule has 2 nitrogen and oxygen atoms in total. The summed E-state index contributed by atoms with van der Waals surface area (Å²) >= 11 is 1.86. The molecular formula is C21H23NOS. The fourth-order valence-electron chi connectivity index (χ4n) is 5.13. The van der Waals surface area contributed by atoms with Gasteiger partial charge in [0.2, 0.25) is 0 Å². The molecule has 5 rings (SSSR count). The summed E-state index contributed by atoms with van der Waals surface area (Å²) in [6.45, 7) is 4.63. The molecule has 2 aromatic heterocycles. The molecule has 0 N–H and O–H groups in total. The largest absolute Gasteiger partial charge is 0.454 e. The molecule has 124 valence electrons. The van der Waals surface area contributed by atoms with Crippen LogP contribution in [0.4, 0.5) is 5.69 Å². The first-order valence-electron chi connectivity index (χ1n) is 9.08. The Kier molecular flexibility index (Phi) is 3.12. The molecule has 1 aliphatic carbocycles. The minimum absolute atomic E-state index is 0.154. The fraction of sp³-hybridized carbons (Fsp3) is 0.429. The van der Waals surface area contributed by atoms with E-state index in [1.807, 2.05) is 17.6 Å². The van der Waals surface area contributed by atoms with Gasteiger partial charge in [-0.2, -0.15) is 0 Å². The van der Waals surface area contributed by atoms with Crippen LogP contribution >= 0.6 is 11.3 Å². The summed E-state index contributed by atoms with van der Waals surface area (Å²) < 4.78 is 5.76. The summed E-state index contributed by atoms with van der Waals surface area (Å²) in [4.78, 5) is 5.38. The fourth-order valence-corrected chi connectivity index (χ4v) is 6.39. The third-order valence-corrected chi connectivity index (χ3v) is 7.36. The third kappa shape index (κ3) is 1.76. The number of para-hydroxylation sites is 1. The molecule has 3 heterocycles. The van der Waals surface area contributed by atoms with E-state index in [1.165, 1.54) is 53.6 Å². The predicted octanol–water partition coefficient (Wildman–Crippen LogP) is 6.54. The SMILES string of the molecule is Cc1ccccc1N1C(C)c2sc3occc3c2C12CCCCC2. The van der Waals surface area contributed by atoms with E-state index in [0.717, 1.165) is 4.90 Å². The van der Waals surface area contributed by atoms with E-state index in [2.05, 4.69) is 49.1 Å². The summed E-state index contributed by atoms with van der Waals surface area (Å²) in [5, 5.41) is 1.36. The Hall–Kier alpha value is -1.74. The summed E-state index contributed by atoms with van der Waals surface area (Å²) in [5.74, 6) is 0. The van der Waals surface area contributed by atoms with E-state index in [4.69, 9.17) is 4.42 Å². The highest BCUT2D eigenvalue weighted by Gasteiger charge is 2.51. The number of hydrogen-bond donors (Lipinski definition) is 0. The molecule has 1 aromatic carbocycles. The van der Waals surface area contributed by atoms with Gasteiger partial charge in [-0.25, -0.2) is 0 Å². The minimum Gasteiger partial charge on any atom is -0.454 e. The first-order valence-corrected chi connectivity index (χ1v) is 9.89. The van der Waals surface area contributed by atoms with E-state index in [9.17, 15) is 0 Å². The van der Waals surface area contributed by atoms with E-state index in [0.29, 0.717) is 6.04 Å². The topological polar surface area (TPSA) is 16.4 Å². The Bertz CT molecular complexity index is 900. The lowest BCUT2D eigenvalue weighted by Crippen LogP contribution is -2.44. The number of nitrogens with zero attached hydrogens (tertiary/aromatic N) is 1. The van der Waals surface area contributed by atoms with E-state index in [1.54, 1.807) is 5.56 Å². The summed E-state index contributed by atoms with van der Waals surface area (Å²) in [6.07, 6.45) is 8.39. The zero-order chi connectivity index (χ0) is 16.3. The highest BCUT2D eigenvalue weighted by atomic mass is 32.1. The van der Waals surface area contributed by atoms with Gasteiger partial charge >= 0.3 is 0 Å². The second-order valence-corrected chi connectivity index (χ2v) is 8.40. The lowest BCUT2D eigenvalue weighted by Gasteiger charge is -2.46. The second kappa shape index (κ2) is 5.13. The molecule has 3 aromatic rings. The molecule has 1 fully saturated rings. The zero-order valence-electron chi connectivity index (χ0n) is 14.3. The van der Waals surface area contributed by atoms with E-state index >= 15 is 0 Å². The maximum absolute atomic E-state index is 5.76. The standard InChI is InChI=1S/C21H23NOS/c1-14-8-4-5-9-17(14)22-15(2)19-18(16-10-13-23-20(16)24-19)21(22)11-6-3-7-12-21/h4-5,8-10,13,15H,3,6-7,11-12H2,1-2H3. The van der Waals surface area contributed by atoms with Crippen molar-refractivity contribution in [2.24, 2.45) is 0 Å². The van der Waals surface area contributed by atoms with Gasteiger partial charge in [-0.05, 0) is 44.4 Å². The van der Waals surface area contributed by atoms with Crippen molar-refractivity contribution in [2.75, 3.05) is 4.90 Å². The van der Waals surface area contributed by atoms with Crippen molar-refractivity contribution in [3.8, 4) is 0 Å². The maximum Gasteiger partial charge on any atom is 0.188 e. The number of furan rings is 1. The van der Waals surface area contributed by atoms with Gasteiger partial charge in [0.1, 0.15) is 0 Å². The molecular weight excluding hydrogens is 314 g/mol. The van der Waals surface area contributed by atoms with Crippen LogP contribution in [0.15, 0.2) is 41.0 Å². The first kappa shape index (κ1) is 14.6. The summed E-state index contributed by atoms with van der Waals surface area (Å²) in [6, 6.07) is 11.5. The second-order valence-electron chi connectivity index (χ2n) is 7.39. The molecule has 0 amide bonds. The molecule has 0 radical (unpaired) electrons. The first-order chi connectivity index (χ1) is 11.7. The number of rotatable bonds is 1. The van der Waals surface area contributed by atoms with E-state index in [-0.39, 0.29) is 5.54 Å². The Morgan fingerprint density at radius 1 is 1.12 bits per heavy atom. The third-order valence-electron chi connectivity index (χ3n) is 6.10. The quantitative estimate of drug-likeness (QED) is 0.501. The molecule has 3 heteroatoms. The lowest BCUT2D eigenvalue weighted by molar-refractivity contribution is 0.285. The molecule has 0 bridgehead atoms. The highest BCUT2D eigenvalue weighted by Crippen LogP contribution is 2.59. The van der Waals surface area contributed by atoms with Crippen molar-refractivity contribution in [2.45, 2.75) is 57.5 Å². The number of thiophene rings is 1. The van der Waals surface area contributed by atoms with Crippen LogP contribution in [0.1, 0.15) is 61.1 Å². The van der Waals surface area contributed by atoms with Crippen LogP contribution < -0.4 is 4.90 Å². The Morgan fingerprint density at radius 2 is 1.92 bits per heavy atom. The van der Waals surface area contributed by atoms with Crippen molar-refractivity contribution in [1.29, 1.82) is 0 Å². The Morgan fingerprint density at radius 3 is 2.71 bits per heavy atom. The number of hydrogen-bond acceptors (Lipinski definition) is 3. The van der Waals surface area contributed by atoms with Crippen LogP contribution in [-0.2, 0) is 5.54 Å². The van der Waals surface area contributed by atoms with Gasteiger partial charge in [0.15, 0.2) is 4.90 Å². The van der Waals surface area contributed by atoms with Gasteiger partial charge in [-0.15, -0.1) is 11.3 Å². The lowest BCUT2D eigenvalue weighted by atomic mass is 9.76. The van der Waals surface area contributed by atoms with Gasteiger partial charge in [0.25, 0.3) is 0 Å². The molecule has 2 aliphatic rings. The summed E-state index contributed by atoms with van der Waals surface area (Å²) in [7, 11) is 0. The number of aryl methyl sites for hydroxylation is 1. The normalized spacial score (nSPS) is 22.4. The summed E-state index contributed by atoms with van der Waals surface area (Å²) in [5.41, 5.74) is 4.52. The zero-order valence-corrected chi connectivity index (χ0v) is 15.2. The van der Waals surface area contributed by atoms with Crippen LogP contribution in [0.25, 0.3) is 10.3 Å². The average Bonchev–Trinajstić information content (AvgIpc) is 3.22. The van der Waals surface area contributed by atoms with Gasteiger partial charge in [-0.3, -0.25) is 0 Å². The Balaban J connectivity index is 1.78. The molecule has 1 spiro atoms. The maximum atomic E-state index is 5.76. The van der Waals surface area contributed by atoms with Gasteiger partial charge in [0.05, 0.1) is 17.8 Å². The molecule has 1 atom stereocenters. The van der Waals surface area contributed by atoms with Gasteiger partial charge < -0.3 is 9.32 Å². The average molecular weight is 337 g/mol. The van der Waals surface area contributed by atoms with Crippen molar-refractivity contribution in [3.63, 3.8) is 0 Å². The molecule has 1 aliphatic heterocycles. The van der Waals surface area contributed by atoms with E-state index < -0.39 is 0 Å². The molecule has 24 heavy (non-hydrogen) atoms. The number of benzene rings is 1. The van der Waals surface area contributed by atoms with Gasteiger partial charge in [0, 0.05) is 21.5 Å². The van der Waals surface area contributed by atoms with Crippen molar-refractivity contribution >= 4 is 27.3 Å². The van der Waals surface area contributed by atoms with Crippen molar-refractivity contribution < 1.29 is 4.42 Å². The van der Waals surface area contributed by atoms with Crippen LogP contribution in [0.2, 0.25) is 0 Å². The molecule has 0 saturated heterocycles. The highest BCUT2D eigenvalue weighted by molar-refractivity contribution is 7.18. The predicted molar refractivity (Wildman–Crippen MR) is 101 cm³/mol. The van der Waals surface area contributed by atoms with Crippen LogP contribution in [0.3, 0.4) is 0 Å². The molecule has 1 unspecified atom stereocenters. The smallest absolute Gasteiger partial charge is 0.188 e. The van der Waals surface area contributed by atoms with Crippen LogP contribution in [0, 0.1) is 6.92 Å². The van der Waals surface area contributed by atoms with Crippen molar-refractivity contribution in [1.82, 2.24) is 0 Å². The van der Waals surface area contributed by atoms with Crippen molar-refractivity contribution in [3.05, 3.63) is 52.6 Å². The Labute approximate surface area is 147 Å². The number of anilines is 1. The van der Waals surface area contributed by atoms with Gasteiger partial charge in [-0.1, -0.05) is 37.5 Å². The number of fused-ring (bicyclic) bond motifs is 4.